The number of thiol groups is 1. The van der Waals surface area contributed by atoms with Gasteiger partial charge in [-0.3, -0.25) is 4.79 Å². The molecule has 0 saturated carbocycles. The van der Waals surface area contributed by atoms with Crippen molar-refractivity contribution in [2.24, 2.45) is 0 Å². The summed E-state index contributed by atoms with van der Waals surface area (Å²) in [6.07, 6.45) is 0.808. The van der Waals surface area contributed by atoms with E-state index in [0.29, 0.717) is 10.5 Å². The van der Waals surface area contributed by atoms with Crippen LogP contribution in [0.4, 0.5) is 0 Å². The van der Waals surface area contributed by atoms with Crippen molar-refractivity contribution in [2.45, 2.75) is 11.5 Å². The maximum absolute atomic E-state index is 10.8. The van der Waals surface area contributed by atoms with Crippen LogP contribution in [0, 0.1) is 0 Å². The smallest absolute Gasteiger partial charge is 0.152 e. The van der Waals surface area contributed by atoms with Gasteiger partial charge in [0.25, 0.3) is 0 Å². The number of benzene rings is 1. The van der Waals surface area contributed by atoms with Crippen LogP contribution in [-0.4, -0.2) is 11.4 Å². The quantitative estimate of drug-likeness (QED) is 0.607. The van der Waals surface area contributed by atoms with Gasteiger partial charge in [-0.25, -0.2) is 0 Å². The predicted octanol–water partition coefficient (Wildman–Crippen LogP) is 2.49. The summed E-state index contributed by atoms with van der Waals surface area (Å²) in [5, 5.41) is 12.0. The number of carbonyl (C=O) groups is 1. The van der Waals surface area contributed by atoms with Crippen LogP contribution in [0.1, 0.15) is 15.9 Å². The summed E-state index contributed by atoms with van der Waals surface area (Å²) >= 11 is 5.71. The molecule has 0 amide bonds. The zero-order chi connectivity index (χ0) is 10.1. The van der Waals surface area contributed by atoms with E-state index < -0.39 is 0 Å². The zero-order valence-corrected chi connectivity index (χ0v) is 8.94. The summed E-state index contributed by atoms with van der Waals surface area (Å²) in [7, 11) is 0. The Hall–Kier alpha value is -0.840. The van der Waals surface area contributed by atoms with Crippen LogP contribution in [0.5, 0.6) is 0 Å². The monoisotopic (exact) mass is 224 g/mol. The average molecular weight is 224 g/mol. The number of aldehydes is 1. The second-order valence-electron chi connectivity index (χ2n) is 2.91. The van der Waals surface area contributed by atoms with E-state index in [1.54, 1.807) is 6.07 Å². The minimum absolute atomic E-state index is 0.0278. The summed E-state index contributed by atoms with van der Waals surface area (Å²) in [6, 6.07) is 3.65. The number of aliphatic hydroxyl groups is 1. The molecule has 0 aliphatic rings. The fourth-order valence-electron chi connectivity index (χ4n) is 1.45. The minimum atomic E-state index is -0.0278. The van der Waals surface area contributed by atoms with E-state index in [1.807, 2.05) is 11.4 Å². The molecule has 0 spiro atoms. The van der Waals surface area contributed by atoms with Crippen molar-refractivity contribution < 1.29 is 9.90 Å². The van der Waals surface area contributed by atoms with Crippen molar-refractivity contribution in [3.8, 4) is 0 Å². The van der Waals surface area contributed by atoms with Crippen LogP contribution < -0.4 is 0 Å². The molecule has 0 atom stereocenters. The Morgan fingerprint density at radius 1 is 1.57 bits per heavy atom. The van der Waals surface area contributed by atoms with Gasteiger partial charge in [-0.1, -0.05) is 0 Å². The molecule has 0 fully saturated rings. The number of hydrogen-bond donors (Lipinski definition) is 2. The summed E-state index contributed by atoms with van der Waals surface area (Å²) in [4.78, 5) is 11.5. The van der Waals surface area contributed by atoms with Crippen molar-refractivity contribution in [1.29, 1.82) is 0 Å². The number of aliphatic hydroxyl groups excluding tert-OH is 1. The van der Waals surface area contributed by atoms with Gasteiger partial charge in [0.15, 0.2) is 6.29 Å². The Kier molecular flexibility index (Phi) is 2.58. The van der Waals surface area contributed by atoms with Crippen LogP contribution in [0.2, 0.25) is 0 Å². The molecule has 0 saturated heterocycles. The number of hydrogen-bond acceptors (Lipinski definition) is 4. The van der Waals surface area contributed by atoms with Crippen molar-refractivity contribution in [1.82, 2.24) is 0 Å². The summed E-state index contributed by atoms with van der Waals surface area (Å²) in [5.74, 6) is 0. The number of rotatable bonds is 2. The Bertz CT molecular complexity index is 488. The second kappa shape index (κ2) is 3.73. The van der Waals surface area contributed by atoms with E-state index in [9.17, 15) is 4.79 Å². The molecule has 2 aromatic rings. The van der Waals surface area contributed by atoms with Gasteiger partial charge in [0, 0.05) is 15.2 Å². The summed E-state index contributed by atoms with van der Waals surface area (Å²) in [6.45, 7) is -0.0278. The fraction of sp³-hybridized carbons (Fsp3) is 0.100. The molecule has 1 aromatic heterocycles. The maximum Gasteiger partial charge on any atom is 0.152 e. The lowest BCUT2D eigenvalue weighted by atomic mass is 10.1. The first kappa shape index (κ1) is 9.71. The molecule has 0 aliphatic heterocycles. The molecule has 0 bridgehead atoms. The third kappa shape index (κ3) is 1.35. The van der Waals surface area contributed by atoms with Crippen LogP contribution in [0.25, 0.3) is 10.1 Å². The van der Waals surface area contributed by atoms with E-state index in [2.05, 4.69) is 12.6 Å². The number of thiophene rings is 1. The molecule has 2 nitrogen and oxygen atoms in total. The van der Waals surface area contributed by atoms with Gasteiger partial charge >= 0.3 is 0 Å². The third-order valence-electron chi connectivity index (χ3n) is 2.13. The van der Waals surface area contributed by atoms with Crippen molar-refractivity contribution in [3.63, 3.8) is 0 Å². The molecule has 1 aromatic carbocycles. The summed E-state index contributed by atoms with van der Waals surface area (Å²) < 4.78 is 0.900. The SMILES string of the molecule is O=Cc1c(S)cc(CO)c2ccsc12. The highest BCUT2D eigenvalue weighted by molar-refractivity contribution is 7.80. The highest BCUT2D eigenvalue weighted by atomic mass is 32.1. The van der Waals surface area contributed by atoms with Crippen LogP contribution >= 0.6 is 24.0 Å². The van der Waals surface area contributed by atoms with Gasteiger partial charge in [-0.05, 0) is 28.5 Å². The van der Waals surface area contributed by atoms with Gasteiger partial charge in [0.1, 0.15) is 0 Å². The molecule has 72 valence electrons. The number of fused-ring (bicyclic) bond motifs is 1. The Balaban J connectivity index is 2.88. The maximum atomic E-state index is 10.8. The van der Waals surface area contributed by atoms with E-state index in [-0.39, 0.29) is 6.61 Å². The molecule has 2 rings (SSSR count). The van der Waals surface area contributed by atoms with Crippen LogP contribution in [0.15, 0.2) is 22.4 Å². The molecule has 1 N–H and O–H groups in total. The van der Waals surface area contributed by atoms with Gasteiger partial charge in [0.2, 0.25) is 0 Å². The Morgan fingerprint density at radius 2 is 2.36 bits per heavy atom. The molecular weight excluding hydrogens is 216 g/mol. The van der Waals surface area contributed by atoms with Gasteiger partial charge in [-0.2, -0.15) is 0 Å². The van der Waals surface area contributed by atoms with E-state index in [1.165, 1.54) is 11.3 Å². The van der Waals surface area contributed by atoms with E-state index in [4.69, 9.17) is 5.11 Å². The zero-order valence-electron chi connectivity index (χ0n) is 7.23. The largest absolute Gasteiger partial charge is 0.392 e. The predicted molar refractivity (Wildman–Crippen MR) is 60.4 cm³/mol. The third-order valence-corrected chi connectivity index (χ3v) is 3.45. The molecule has 1 heterocycles. The van der Waals surface area contributed by atoms with Crippen molar-refractivity contribution in [3.05, 3.63) is 28.6 Å². The lowest BCUT2D eigenvalue weighted by Gasteiger charge is -2.04. The average Bonchev–Trinajstić information content (AvgIpc) is 2.65. The van der Waals surface area contributed by atoms with E-state index >= 15 is 0 Å². The molecule has 0 aliphatic carbocycles. The molecule has 0 unspecified atom stereocenters. The standard InChI is InChI=1S/C10H8O2S2/c11-4-6-3-9(13)8(5-12)10-7(6)1-2-14-10/h1-3,5,11,13H,4H2. The first-order chi connectivity index (χ1) is 6.77. The normalized spacial score (nSPS) is 10.7. The fourth-order valence-corrected chi connectivity index (χ4v) is 2.80. The minimum Gasteiger partial charge on any atom is -0.392 e. The molecule has 4 heteroatoms. The molecule has 14 heavy (non-hydrogen) atoms. The van der Waals surface area contributed by atoms with E-state index in [0.717, 1.165) is 21.9 Å². The lowest BCUT2D eigenvalue weighted by molar-refractivity contribution is 0.112. The Labute approximate surface area is 90.6 Å². The molecule has 0 radical (unpaired) electrons. The first-order valence-corrected chi connectivity index (χ1v) is 5.38. The van der Waals surface area contributed by atoms with Gasteiger partial charge < -0.3 is 5.11 Å². The van der Waals surface area contributed by atoms with Crippen molar-refractivity contribution >= 4 is 40.3 Å². The highest BCUT2D eigenvalue weighted by Gasteiger charge is 2.09. The summed E-state index contributed by atoms with van der Waals surface area (Å²) in [5.41, 5.74) is 1.42. The number of carbonyl (C=O) groups excluding carboxylic acids is 1. The van der Waals surface area contributed by atoms with Crippen molar-refractivity contribution in [2.75, 3.05) is 0 Å². The molecular formula is C10H8O2S2. The Morgan fingerprint density at radius 3 is 3.00 bits per heavy atom. The first-order valence-electron chi connectivity index (χ1n) is 4.06. The van der Waals surface area contributed by atoms with Crippen LogP contribution in [0.3, 0.4) is 0 Å². The van der Waals surface area contributed by atoms with Crippen LogP contribution in [-0.2, 0) is 6.61 Å². The lowest BCUT2D eigenvalue weighted by Crippen LogP contribution is -1.89. The van der Waals surface area contributed by atoms with Gasteiger partial charge in [-0.15, -0.1) is 24.0 Å². The van der Waals surface area contributed by atoms with Gasteiger partial charge in [0.05, 0.1) is 6.61 Å². The highest BCUT2D eigenvalue weighted by Crippen LogP contribution is 2.31. The second-order valence-corrected chi connectivity index (χ2v) is 4.31. The topological polar surface area (TPSA) is 37.3 Å².